The van der Waals surface area contributed by atoms with Crippen LogP contribution in [0.15, 0.2) is 12.3 Å². The van der Waals surface area contributed by atoms with E-state index in [9.17, 15) is 18.4 Å². The highest BCUT2D eigenvalue weighted by atomic mass is 32.1. The number of likely N-dealkylation sites (N-methyl/N-ethyl adjacent to an activating group) is 2. The molecule has 1 aromatic carbocycles. The summed E-state index contributed by atoms with van der Waals surface area (Å²) in [7, 11) is 5.94. The molecule has 3 aromatic heterocycles. The van der Waals surface area contributed by atoms with Gasteiger partial charge in [-0.05, 0) is 58.8 Å². The van der Waals surface area contributed by atoms with Crippen molar-refractivity contribution in [2.75, 3.05) is 58.0 Å². The van der Waals surface area contributed by atoms with Gasteiger partial charge in [0.25, 0.3) is 0 Å². The molecule has 2 atom stereocenters. The number of fused-ring (bicyclic) bond motifs is 3. The molecule has 46 heavy (non-hydrogen) atoms. The largest absolute Gasteiger partial charge is 0.461 e. The topological polar surface area (TPSA) is 107 Å². The second kappa shape index (κ2) is 11.2. The molecule has 0 spiro atoms. The number of alkyl halides is 1. The van der Waals surface area contributed by atoms with Gasteiger partial charge >= 0.3 is 6.01 Å². The first-order valence-electron chi connectivity index (χ1n) is 15.3. The van der Waals surface area contributed by atoms with Crippen LogP contribution in [0.1, 0.15) is 44.1 Å². The first-order chi connectivity index (χ1) is 22.0. The molecule has 0 amide bonds. The van der Waals surface area contributed by atoms with Crippen LogP contribution in [0, 0.1) is 28.8 Å². The van der Waals surface area contributed by atoms with E-state index in [1.54, 1.807) is 0 Å². The van der Waals surface area contributed by atoms with Gasteiger partial charge in [-0.1, -0.05) is 0 Å². The van der Waals surface area contributed by atoms with Crippen molar-refractivity contribution in [3.63, 3.8) is 0 Å². The van der Waals surface area contributed by atoms with E-state index < -0.39 is 29.2 Å². The Morgan fingerprint density at radius 3 is 2.63 bits per heavy atom. The first kappa shape index (κ1) is 30.8. The Kier molecular flexibility index (Phi) is 7.49. The summed E-state index contributed by atoms with van der Waals surface area (Å²) in [4.78, 5) is 19.8. The number of pyridine rings is 1. The number of rotatable bonds is 8. The molecule has 242 valence electrons. The minimum Gasteiger partial charge on any atom is -0.461 e. The van der Waals surface area contributed by atoms with E-state index in [1.165, 1.54) is 6.20 Å². The number of benzene rings is 1. The average Bonchev–Trinajstić information content (AvgIpc) is 3.64. The molecule has 0 unspecified atom stereocenters. The Bertz CT molecular complexity index is 1910. The van der Waals surface area contributed by atoms with Gasteiger partial charge in [-0.3, -0.25) is 9.88 Å². The first-order valence-corrected chi connectivity index (χ1v) is 16.2. The maximum absolute atomic E-state index is 16.7. The van der Waals surface area contributed by atoms with Crippen LogP contribution >= 0.6 is 11.3 Å². The van der Waals surface area contributed by atoms with E-state index in [4.69, 9.17) is 15.5 Å². The molecule has 1 aliphatic carbocycles. The van der Waals surface area contributed by atoms with Gasteiger partial charge in [-0.2, -0.15) is 15.2 Å². The van der Waals surface area contributed by atoms with Crippen molar-refractivity contribution >= 4 is 43.1 Å². The van der Waals surface area contributed by atoms with Crippen LogP contribution < -0.4 is 15.4 Å². The minimum absolute atomic E-state index is 0.0139. The smallest absolute Gasteiger partial charge is 0.319 e. The standard InChI is InChI=1S/C32H34F4N8OS/c1-42(2)31(6-4-7-31)15-43(3)29-20-13-39-25(18-10-21(34)23(35)27-22(18)19(12-37)28(38)46-27)24(36)26(20)40-30(41-29)45-16-32-8-5-9-44(32)14-17(33)11-32/h10,13,17H,4-9,11,14-16,38H2,1-3H3/t17-,32+/m0/s1. The second-order valence-electron chi connectivity index (χ2n) is 13.1. The molecule has 2 N–H and O–H groups in total. The lowest BCUT2D eigenvalue weighted by molar-refractivity contribution is 0.0681. The highest BCUT2D eigenvalue weighted by Gasteiger charge is 2.49. The fourth-order valence-electron chi connectivity index (χ4n) is 7.59. The normalized spacial score (nSPS) is 22.4. The van der Waals surface area contributed by atoms with Crippen molar-refractivity contribution in [2.45, 2.75) is 55.8 Å². The third kappa shape index (κ3) is 4.74. The van der Waals surface area contributed by atoms with Crippen LogP contribution in [0.25, 0.3) is 32.2 Å². The molecule has 3 fully saturated rings. The molecule has 0 radical (unpaired) electrons. The summed E-state index contributed by atoms with van der Waals surface area (Å²) in [6, 6.07) is 2.68. The lowest BCUT2D eigenvalue weighted by Gasteiger charge is -2.49. The van der Waals surface area contributed by atoms with E-state index in [1.807, 2.05) is 32.1 Å². The number of nitrogens with zero attached hydrogens (tertiary/aromatic N) is 7. The van der Waals surface area contributed by atoms with Gasteiger partial charge in [0.15, 0.2) is 17.5 Å². The number of halogens is 4. The van der Waals surface area contributed by atoms with Gasteiger partial charge in [0.2, 0.25) is 0 Å². The number of thiophene rings is 1. The van der Waals surface area contributed by atoms with Crippen LogP contribution in [0.4, 0.5) is 28.4 Å². The number of anilines is 2. The fourth-order valence-corrected chi connectivity index (χ4v) is 8.56. The predicted octanol–water partition coefficient (Wildman–Crippen LogP) is 5.65. The van der Waals surface area contributed by atoms with Gasteiger partial charge < -0.3 is 20.3 Å². The summed E-state index contributed by atoms with van der Waals surface area (Å²) in [5.74, 6) is -2.90. The highest BCUT2D eigenvalue weighted by molar-refractivity contribution is 7.23. The maximum atomic E-state index is 16.7. The summed E-state index contributed by atoms with van der Waals surface area (Å²) < 4.78 is 66.8. The molecule has 7 rings (SSSR count). The van der Waals surface area contributed by atoms with Gasteiger partial charge in [-0.15, -0.1) is 11.3 Å². The van der Waals surface area contributed by atoms with Crippen molar-refractivity contribution in [3.8, 4) is 23.3 Å². The Balaban J connectivity index is 1.37. The van der Waals surface area contributed by atoms with E-state index in [0.29, 0.717) is 42.1 Å². The van der Waals surface area contributed by atoms with Crippen LogP contribution in [0.5, 0.6) is 6.01 Å². The number of hydrogen-bond donors (Lipinski definition) is 1. The lowest BCUT2D eigenvalue weighted by atomic mass is 9.75. The zero-order valence-electron chi connectivity index (χ0n) is 25.8. The molecule has 2 saturated heterocycles. The summed E-state index contributed by atoms with van der Waals surface area (Å²) >= 11 is 0.715. The summed E-state index contributed by atoms with van der Waals surface area (Å²) in [6.07, 6.45) is 5.59. The average molecular weight is 655 g/mol. The number of nitrogens with two attached hydrogens (primary N) is 1. The highest BCUT2D eigenvalue weighted by Crippen LogP contribution is 2.44. The molecular formula is C32H34F4N8OS. The molecule has 1 saturated carbocycles. The van der Waals surface area contributed by atoms with E-state index in [0.717, 1.165) is 44.7 Å². The van der Waals surface area contributed by atoms with E-state index in [2.05, 4.69) is 19.8 Å². The summed E-state index contributed by atoms with van der Waals surface area (Å²) in [5, 5.41) is 10.0. The number of nitriles is 1. The Morgan fingerprint density at radius 2 is 1.93 bits per heavy atom. The second-order valence-corrected chi connectivity index (χ2v) is 14.1. The fraction of sp³-hybridized carbons (Fsp3) is 0.500. The van der Waals surface area contributed by atoms with Crippen molar-refractivity contribution in [1.29, 1.82) is 5.26 Å². The molecule has 3 aliphatic rings. The monoisotopic (exact) mass is 654 g/mol. The van der Waals surface area contributed by atoms with Gasteiger partial charge in [0.05, 0.1) is 21.2 Å². The van der Waals surface area contributed by atoms with Crippen LogP contribution in [-0.4, -0.2) is 89.4 Å². The number of nitrogen functional groups attached to an aromatic ring is 1. The zero-order valence-corrected chi connectivity index (χ0v) is 26.7. The molecular weight excluding hydrogens is 620 g/mol. The maximum Gasteiger partial charge on any atom is 0.319 e. The molecule has 0 bridgehead atoms. The Hall–Kier alpha value is -3.80. The third-order valence-corrected chi connectivity index (χ3v) is 11.3. The quantitative estimate of drug-likeness (QED) is 0.241. The van der Waals surface area contributed by atoms with Gasteiger partial charge in [-0.25, -0.2) is 17.6 Å². The van der Waals surface area contributed by atoms with Crippen molar-refractivity contribution in [1.82, 2.24) is 24.8 Å². The van der Waals surface area contributed by atoms with Gasteiger partial charge in [0, 0.05) is 49.2 Å². The summed E-state index contributed by atoms with van der Waals surface area (Å²) in [5.41, 5.74) is 4.76. The minimum atomic E-state index is -1.22. The van der Waals surface area contributed by atoms with E-state index >= 15 is 4.39 Å². The third-order valence-electron chi connectivity index (χ3n) is 10.3. The van der Waals surface area contributed by atoms with Crippen molar-refractivity contribution in [2.24, 2.45) is 0 Å². The van der Waals surface area contributed by atoms with Crippen LogP contribution in [0.3, 0.4) is 0 Å². The molecule has 2 aliphatic heterocycles. The van der Waals surface area contributed by atoms with Crippen LogP contribution in [0.2, 0.25) is 0 Å². The molecule has 9 nitrogen and oxygen atoms in total. The summed E-state index contributed by atoms with van der Waals surface area (Å²) in [6.45, 7) is 1.88. The molecule has 14 heteroatoms. The predicted molar refractivity (Wildman–Crippen MR) is 169 cm³/mol. The Labute approximate surface area is 267 Å². The SMILES string of the molecule is CN(CC1(N(C)C)CCC1)c1nc(OC[C@]23CCCN2C[C@@H](F)C3)nc2c(F)c(-c3cc(F)c(F)c4sc(N)c(C#N)c34)ncc12. The Morgan fingerprint density at radius 1 is 1.15 bits per heavy atom. The molecule has 5 heterocycles. The number of hydrogen-bond acceptors (Lipinski definition) is 10. The molecule has 4 aromatic rings. The number of ether oxygens (including phenoxy) is 1. The zero-order chi connectivity index (χ0) is 32.5. The van der Waals surface area contributed by atoms with Gasteiger partial charge in [0.1, 0.15) is 40.9 Å². The number of aromatic nitrogens is 3. The van der Waals surface area contributed by atoms with E-state index in [-0.39, 0.29) is 55.6 Å². The lowest BCUT2D eigenvalue weighted by Crippen LogP contribution is -2.56. The van der Waals surface area contributed by atoms with Crippen molar-refractivity contribution < 1.29 is 22.3 Å². The van der Waals surface area contributed by atoms with Crippen molar-refractivity contribution in [3.05, 3.63) is 35.3 Å². The van der Waals surface area contributed by atoms with Crippen LogP contribution in [-0.2, 0) is 0 Å².